The van der Waals surface area contributed by atoms with Gasteiger partial charge >= 0.3 is 0 Å². The minimum atomic E-state index is -0.616. The maximum absolute atomic E-state index is 13.6. The number of carbonyl (C=O) groups excluding carboxylic acids is 1. The van der Waals surface area contributed by atoms with E-state index in [2.05, 4.69) is 24.1 Å². The third kappa shape index (κ3) is 4.41. The number of aromatic nitrogens is 2. The SMILES string of the molecule is COc1cccc(C2C3=C(CC(C)(C)CC3=O)Nc3nc(SCc4ccccc4)[nH]c(=O)c32)c1OC. The van der Waals surface area contributed by atoms with E-state index in [4.69, 9.17) is 14.5 Å². The first-order valence-electron chi connectivity index (χ1n) is 11.9. The average Bonchev–Trinajstić information content (AvgIpc) is 2.85. The van der Waals surface area contributed by atoms with Crippen LogP contribution in [0.15, 0.2) is 69.8 Å². The Labute approximate surface area is 214 Å². The number of ketones is 1. The molecule has 1 aliphatic heterocycles. The van der Waals surface area contributed by atoms with Crippen molar-refractivity contribution in [3.63, 3.8) is 0 Å². The fraction of sp³-hybridized carbons (Fsp3) is 0.321. The molecule has 2 aliphatic rings. The van der Waals surface area contributed by atoms with Crippen molar-refractivity contribution >= 4 is 23.4 Å². The van der Waals surface area contributed by atoms with Crippen LogP contribution in [-0.4, -0.2) is 30.0 Å². The van der Waals surface area contributed by atoms with E-state index in [-0.39, 0.29) is 16.8 Å². The molecule has 0 radical (unpaired) electrons. The van der Waals surface area contributed by atoms with Crippen LogP contribution in [-0.2, 0) is 10.5 Å². The van der Waals surface area contributed by atoms with Crippen LogP contribution < -0.4 is 20.3 Å². The number of rotatable bonds is 6. The average molecular weight is 504 g/mol. The third-order valence-electron chi connectivity index (χ3n) is 6.66. The van der Waals surface area contributed by atoms with Crippen LogP contribution in [0.5, 0.6) is 11.5 Å². The summed E-state index contributed by atoms with van der Waals surface area (Å²) in [5.41, 5.74) is 3.20. The van der Waals surface area contributed by atoms with Crippen molar-refractivity contribution in [1.29, 1.82) is 0 Å². The van der Waals surface area contributed by atoms with Crippen molar-refractivity contribution in [1.82, 2.24) is 9.97 Å². The summed E-state index contributed by atoms with van der Waals surface area (Å²) in [7, 11) is 3.14. The highest BCUT2D eigenvalue weighted by Crippen LogP contribution is 2.50. The molecule has 36 heavy (non-hydrogen) atoms. The molecule has 8 heteroatoms. The van der Waals surface area contributed by atoms with E-state index in [1.165, 1.54) is 11.8 Å². The van der Waals surface area contributed by atoms with E-state index in [1.807, 2.05) is 42.5 Å². The monoisotopic (exact) mass is 503 g/mol. The Morgan fingerprint density at radius 3 is 2.53 bits per heavy atom. The number of benzene rings is 2. The zero-order chi connectivity index (χ0) is 25.4. The van der Waals surface area contributed by atoms with Gasteiger partial charge in [-0.2, -0.15) is 0 Å². The van der Waals surface area contributed by atoms with Crippen molar-refractivity contribution in [3.05, 3.63) is 86.8 Å². The number of H-pyrrole nitrogens is 1. The number of carbonyl (C=O) groups is 1. The fourth-order valence-electron chi connectivity index (χ4n) is 5.14. The Morgan fingerprint density at radius 2 is 1.81 bits per heavy atom. The molecule has 2 N–H and O–H groups in total. The van der Waals surface area contributed by atoms with E-state index >= 15 is 0 Å². The molecule has 0 saturated heterocycles. The molecule has 0 bridgehead atoms. The van der Waals surface area contributed by atoms with Crippen molar-refractivity contribution in [2.45, 2.75) is 43.5 Å². The first kappa shape index (κ1) is 24.2. The molecule has 0 spiro atoms. The molecule has 0 saturated carbocycles. The highest BCUT2D eigenvalue weighted by atomic mass is 32.2. The van der Waals surface area contributed by atoms with Gasteiger partial charge in [-0.1, -0.05) is 68.1 Å². The van der Waals surface area contributed by atoms with Crippen molar-refractivity contribution in [3.8, 4) is 11.5 Å². The summed E-state index contributed by atoms with van der Waals surface area (Å²) in [6.45, 7) is 4.17. The number of hydrogen-bond acceptors (Lipinski definition) is 7. The first-order chi connectivity index (χ1) is 17.3. The molecule has 7 nitrogen and oxygen atoms in total. The minimum Gasteiger partial charge on any atom is -0.493 e. The standard InChI is InChI=1S/C28H29N3O4S/c1-28(2)13-18-22(19(32)14-28)21(17-11-8-12-20(34-3)24(17)35-4)23-25(29-18)30-27(31-26(23)33)36-15-16-9-6-5-7-10-16/h5-12,21H,13-15H2,1-4H3,(H2,29,30,31,33). The Balaban J connectivity index is 1.65. The Bertz CT molecular complexity index is 1410. The number of methoxy groups -OCH3 is 2. The van der Waals surface area contributed by atoms with Gasteiger partial charge in [-0.25, -0.2) is 4.98 Å². The number of Topliss-reactive ketones (excluding diaryl/α,β-unsaturated/α-hetero) is 1. The number of aromatic amines is 1. The van der Waals surface area contributed by atoms with Gasteiger partial charge in [0.2, 0.25) is 0 Å². The van der Waals surface area contributed by atoms with Gasteiger partial charge in [0.15, 0.2) is 22.4 Å². The normalized spacial score (nSPS) is 18.2. The summed E-state index contributed by atoms with van der Waals surface area (Å²) in [4.78, 5) is 34.9. The second-order valence-electron chi connectivity index (χ2n) is 9.88. The van der Waals surface area contributed by atoms with E-state index in [0.29, 0.717) is 57.8 Å². The molecule has 0 amide bonds. The van der Waals surface area contributed by atoms with Crippen LogP contribution in [0.25, 0.3) is 0 Å². The highest BCUT2D eigenvalue weighted by Gasteiger charge is 2.43. The third-order valence-corrected chi connectivity index (χ3v) is 7.61. The molecule has 2 heterocycles. The van der Waals surface area contributed by atoms with Crippen LogP contribution >= 0.6 is 11.8 Å². The number of nitrogens with zero attached hydrogens (tertiary/aromatic N) is 1. The van der Waals surface area contributed by atoms with Crippen LogP contribution in [0.4, 0.5) is 5.82 Å². The predicted molar refractivity (Wildman–Crippen MR) is 141 cm³/mol. The number of nitrogens with one attached hydrogen (secondary N) is 2. The lowest BCUT2D eigenvalue weighted by molar-refractivity contribution is -0.118. The molecular formula is C28H29N3O4S. The highest BCUT2D eigenvalue weighted by molar-refractivity contribution is 7.98. The molecule has 1 atom stereocenters. The molecule has 2 aromatic carbocycles. The number of fused-ring (bicyclic) bond motifs is 1. The van der Waals surface area contributed by atoms with Gasteiger partial charge < -0.3 is 19.8 Å². The summed E-state index contributed by atoms with van der Waals surface area (Å²) >= 11 is 1.47. The Morgan fingerprint density at radius 1 is 1.03 bits per heavy atom. The van der Waals surface area contributed by atoms with Crippen molar-refractivity contribution in [2.24, 2.45) is 5.41 Å². The summed E-state index contributed by atoms with van der Waals surface area (Å²) in [6.07, 6.45) is 1.08. The molecule has 0 fully saturated rings. The molecule has 5 rings (SSSR count). The quantitative estimate of drug-likeness (QED) is 0.349. The number of ether oxygens (including phenoxy) is 2. The van der Waals surface area contributed by atoms with Gasteiger partial charge in [-0.15, -0.1) is 0 Å². The second kappa shape index (κ2) is 9.50. The van der Waals surface area contributed by atoms with E-state index in [0.717, 1.165) is 11.3 Å². The number of hydrogen-bond donors (Lipinski definition) is 2. The molecule has 1 unspecified atom stereocenters. The number of anilines is 1. The van der Waals surface area contributed by atoms with Crippen LogP contribution in [0.1, 0.15) is 49.3 Å². The lowest BCUT2D eigenvalue weighted by Gasteiger charge is -2.38. The van der Waals surface area contributed by atoms with Crippen molar-refractivity contribution in [2.75, 3.05) is 19.5 Å². The number of para-hydroxylation sites is 1. The maximum Gasteiger partial charge on any atom is 0.257 e. The summed E-state index contributed by atoms with van der Waals surface area (Å²) in [6, 6.07) is 15.6. The lowest BCUT2D eigenvalue weighted by atomic mass is 9.69. The lowest BCUT2D eigenvalue weighted by Crippen LogP contribution is -2.37. The molecular weight excluding hydrogens is 474 g/mol. The van der Waals surface area contributed by atoms with Gasteiger partial charge in [-0.05, 0) is 23.5 Å². The van der Waals surface area contributed by atoms with Gasteiger partial charge in [0.1, 0.15) is 5.82 Å². The van der Waals surface area contributed by atoms with Crippen LogP contribution in [0.2, 0.25) is 0 Å². The maximum atomic E-state index is 13.6. The van der Waals surface area contributed by atoms with Gasteiger partial charge in [0.25, 0.3) is 5.56 Å². The number of thioether (sulfide) groups is 1. The van der Waals surface area contributed by atoms with E-state index < -0.39 is 5.92 Å². The molecule has 3 aromatic rings. The Kier molecular flexibility index (Phi) is 6.38. The summed E-state index contributed by atoms with van der Waals surface area (Å²) in [5, 5.41) is 3.90. The van der Waals surface area contributed by atoms with E-state index in [1.54, 1.807) is 20.3 Å². The summed E-state index contributed by atoms with van der Waals surface area (Å²) in [5.74, 6) is 1.61. The molecule has 1 aliphatic carbocycles. The Hall–Kier alpha value is -3.52. The molecule has 1 aromatic heterocycles. The van der Waals surface area contributed by atoms with Gasteiger partial charge in [0.05, 0.1) is 25.7 Å². The molecule has 186 valence electrons. The number of allylic oxidation sites excluding steroid dienone is 2. The zero-order valence-electron chi connectivity index (χ0n) is 20.8. The van der Waals surface area contributed by atoms with Gasteiger partial charge in [-0.3, -0.25) is 9.59 Å². The van der Waals surface area contributed by atoms with Crippen LogP contribution in [0, 0.1) is 5.41 Å². The topological polar surface area (TPSA) is 93.3 Å². The fourth-order valence-corrected chi connectivity index (χ4v) is 5.95. The van der Waals surface area contributed by atoms with Crippen molar-refractivity contribution < 1.29 is 14.3 Å². The minimum absolute atomic E-state index is 0.0243. The smallest absolute Gasteiger partial charge is 0.257 e. The largest absolute Gasteiger partial charge is 0.493 e. The van der Waals surface area contributed by atoms with E-state index in [9.17, 15) is 9.59 Å². The first-order valence-corrected chi connectivity index (χ1v) is 12.8. The van der Waals surface area contributed by atoms with Gasteiger partial charge in [0, 0.05) is 29.0 Å². The predicted octanol–water partition coefficient (Wildman–Crippen LogP) is 5.28. The summed E-state index contributed by atoms with van der Waals surface area (Å²) < 4.78 is 11.3. The second-order valence-corrected chi connectivity index (χ2v) is 10.8. The van der Waals surface area contributed by atoms with Crippen LogP contribution in [0.3, 0.4) is 0 Å². The zero-order valence-corrected chi connectivity index (χ0v) is 21.6.